The zero-order valence-corrected chi connectivity index (χ0v) is 9.79. The van der Waals surface area contributed by atoms with E-state index in [0.717, 1.165) is 24.6 Å². The zero-order chi connectivity index (χ0) is 11.7. The summed E-state index contributed by atoms with van der Waals surface area (Å²) in [6.07, 6.45) is 0.938. The van der Waals surface area contributed by atoms with Crippen molar-refractivity contribution >= 4 is 28.3 Å². The van der Waals surface area contributed by atoms with E-state index in [1.807, 2.05) is 4.90 Å². The van der Waals surface area contributed by atoms with E-state index >= 15 is 0 Å². The van der Waals surface area contributed by atoms with E-state index in [4.69, 9.17) is 11.5 Å². The lowest BCUT2D eigenvalue weighted by Gasteiger charge is -2.12. The lowest BCUT2D eigenvalue weighted by atomic mass is 10.3. The molecular formula is C9H14N4O2S. The average molecular weight is 242 g/mol. The molecule has 0 radical (unpaired) electrons. The standard InChI is InChI=1S/C9H14N4O2S/c1-15-8(14)6-7(11)12-9(16-6)13-3-2-5(10)4-13/h5H,2-4,10-11H2,1H3. The second-order valence-electron chi connectivity index (χ2n) is 3.70. The Kier molecular flexibility index (Phi) is 2.97. The van der Waals surface area contributed by atoms with Gasteiger partial charge in [-0.1, -0.05) is 11.3 Å². The maximum absolute atomic E-state index is 11.4. The second-order valence-corrected chi connectivity index (χ2v) is 4.67. The summed E-state index contributed by atoms with van der Waals surface area (Å²) in [6, 6.07) is 0.173. The molecule has 1 aliphatic rings. The summed E-state index contributed by atoms with van der Waals surface area (Å²) in [7, 11) is 1.33. The van der Waals surface area contributed by atoms with E-state index < -0.39 is 5.97 Å². The number of nitrogens with zero attached hydrogens (tertiary/aromatic N) is 2. The van der Waals surface area contributed by atoms with Crippen molar-refractivity contribution in [3.63, 3.8) is 0 Å². The zero-order valence-electron chi connectivity index (χ0n) is 8.97. The Morgan fingerprint density at radius 3 is 3.00 bits per heavy atom. The molecule has 0 bridgehead atoms. The van der Waals surface area contributed by atoms with Gasteiger partial charge < -0.3 is 21.1 Å². The third-order valence-electron chi connectivity index (χ3n) is 2.51. The molecule has 16 heavy (non-hydrogen) atoms. The molecule has 1 unspecified atom stereocenters. The van der Waals surface area contributed by atoms with Crippen molar-refractivity contribution in [1.29, 1.82) is 0 Å². The van der Waals surface area contributed by atoms with Crippen molar-refractivity contribution in [1.82, 2.24) is 4.98 Å². The van der Waals surface area contributed by atoms with Crippen LogP contribution in [0.1, 0.15) is 16.1 Å². The summed E-state index contributed by atoms with van der Waals surface area (Å²) in [6.45, 7) is 1.61. The highest BCUT2D eigenvalue weighted by atomic mass is 32.1. The summed E-state index contributed by atoms with van der Waals surface area (Å²) >= 11 is 1.25. The van der Waals surface area contributed by atoms with Gasteiger partial charge in [0.2, 0.25) is 0 Å². The number of esters is 1. The van der Waals surface area contributed by atoms with Crippen molar-refractivity contribution < 1.29 is 9.53 Å². The van der Waals surface area contributed by atoms with E-state index in [1.54, 1.807) is 0 Å². The number of hydrogen-bond acceptors (Lipinski definition) is 7. The van der Waals surface area contributed by atoms with Gasteiger partial charge in [-0.2, -0.15) is 0 Å². The summed E-state index contributed by atoms with van der Waals surface area (Å²) in [5, 5.41) is 0.742. The van der Waals surface area contributed by atoms with Gasteiger partial charge in [0.05, 0.1) is 7.11 Å². The molecule has 4 N–H and O–H groups in total. The van der Waals surface area contributed by atoms with Crippen molar-refractivity contribution in [2.24, 2.45) is 5.73 Å². The summed E-state index contributed by atoms with van der Waals surface area (Å²) in [5.41, 5.74) is 11.5. The van der Waals surface area contributed by atoms with E-state index in [9.17, 15) is 4.79 Å². The van der Waals surface area contributed by atoms with Crippen LogP contribution in [-0.4, -0.2) is 37.2 Å². The molecule has 2 rings (SSSR count). The third-order valence-corrected chi connectivity index (χ3v) is 3.62. The number of aromatic nitrogens is 1. The molecule has 0 spiro atoms. The molecule has 1 fully saturated rings. The van der Waals surface area contributed by atoms with Crippen LogP contribution in [0.3, 0.4) is 0 Å². The van der Waals surface area contributed by atoms with Gasteiger partial charge in [0.25, 0.3) is 0 Å². The fraction of sp³-hybridized carbons (Fsp3) is 0.556. The van der Waals surface area contributed by atoms with Gasteiger partial charge in [-0.15, -0.1) is 0 Å². The number of hydrogen-bond donors (Lipinski definition) is 2. The van der Waals surface area contributed by atoms with E-state index in [1.165, 1.54) is 18.4 Å². The minimum Gasteiger partial charge on any atom is -0.465 e. The number of rotatable bonds is 2. The van der Waals surface area contributed by atoms with E-state index in [2.05, 4.69) is 9.72 Å². The first-order valence-electron chi connectivity index (χ1n) is 4.97. The molecular weight excluding hydrogens is 228 g/mol. The number of carbonyl (C=O) groups is 1. The highest BCUT2D eigenvalue weighted by Gasteiger charge is 2.25. The summed E-state index contributed by atoms with van der Waals surface area (Å²) < 4.78 is 4.62. The van der Waals surface area contributed by atoms with Gasteiger partial charge in [-0.3, -0.25) is 0 Å². The van der Waals surface area contributed by atoms with Crippen LogP contribution in [0, 0.1) is 0 Å². The molecule has 6 nitrogen and oxygen atoms in total. The van der Waals surface area contributed by atoms with Crippen LogP contribution < -0.4 is 16.4 Å². The number of ether oxygens (including phenoxy) is 1. The lowest BCUT2D eigenvalue weighted by molar-refractivity contribution is 0.0607. The smallest absolute Gasteiger partial charge is 0.351 e. The number of methoxy groups -OCH3 is 1. The molecule has 0 saturated carbocycles. The fourth-order valence-corrected chi connectivity index (χ4v) is 2.59. The molecule has 0 aliphatic carbocycles. The van der Waals surface area contributed by atoms with Crippen LogP contribution in [0.15, 0.2) is 0 Å². The van der Waals surface area contributed by atoms with Crippen LogP contribution in [0.25, 0.3) is 0 Å². The Bertz CT molecular complexity index is 406. The van der Waals surface area contributed by atoms with Gasteiger partial charge in [0.15, 0.2) is 15.8 Å². The summed E-state index contributed by atoms with van der Waals surface area (Å²) in [5.74, 6) is -0.211. The van der Waals surface area contributed by atoms with Crippen LogP contribution in [0.5, 0.6) is 0 Å². The quantitative estimate of drug-likeness (QED) is 0.712. The van der Waals surface area contributed by atoms with Crippen LogP contribution >= 0.6 is 11.3 Å². The van der Waals surface area contributed by atoms with Gasteiger partial charge >= 0.3 is 5.97 Å². The van der Waals surface area contributed by atoms with Gasteiger partial charge in [-0.05, 0) is 6.42 Å². The Morgan fingerprint density at radius 1 is 1.69 bits per heavy atom. The number of nitrogens with two attached hydrogens (primary N) is 2. The van der Waals surface area contributed by atoms with Gasteiger partial charge in [0, 0.05) is 19.1 Å². The van der Waals surface area contributed by atoms with Crippen LogP contribution in [-0.2, 0) is 4.74 Å². The Labute approximate surface area is 97.2 Å². The molecule has 0 aromatic carbocycles. The second kappa shape index (κ2) is 4.26. The molecule has 1 saturated heterocycles. The summed E-state index contributed by atoms with van der Waals surface area (Å²) in [4.78, 5) is 17.9. The number of nitrogen functional groups attached to an aromatic ring is 1. The molecule has 1 aromatic rings. The van der Waals surface area contributed by atoms with Gasteiger partial charge in [-0.25, -0.2) is 9.78 Å². The van der Waals surface area contributed by atoms with E-state index in [-0.39, 0.29) is 11.9 Å². The minimum atomic E-state index is -0.440. The number of carbonyl (C=O) groups excluding carboxylic acids is 1. The van der Waals surface area contributed by atoms with Crippen molar-refractivity contribution in [2.75, 3.05) is 30.8 Å². The molecule has 2 heterocycles. The van der Waals surface area contributed by atoms with Crippen molar-refractivity contribution in [3.05, 3.63) is 4.88 Å². The number of thiazole rings is 1. The normalized spacial score (nSPS) is 20.1. The first kappa shape index (κ1) is 11.2. The van der Waals surface area contributed by atoms with Crippen LogP contribution in [0.4, 0.5) is 10.9 Å². The number of anilines is 2. The van der Waals surface area contributed by atoms with Gasteiger partial charge in [0.1, 0.15) is 0 Å². The maximum atomic E-state index is 11.4. The minimum absolute atomic E-state index is 0.173. The highest BCUT2D eigenvalue weighted by molar-refractivity contribution is 7.18. The largest absolute Gasteiger partial charge is 0.465 e. The average Bonchev–Trinajstić information content (AvgIpc) is 2.83. The maximum Gasteiger partial charge on any atom is 0.351 e. The Balaban J connectivity index is 2.20. The van der Waals surface area contributed by atoms with Crippen molar-refractivity contribution in [3.8, 4) is 0 Å². The molecule has 0 amide bonds. The fourth-order valence-electron chi connectivity index (χ4n) is 1.66. The molecule has 1 atom stereocenters. The predicted octanol–water partition coefficient (Wildman–Crippen LogP) is 0.0493. The van der Waals surface area contributed by atoms with Crippen molar-refractivity contribution in [2.45, 2.75) is 12.5 Å². The molecule has 1 aromatic heterocycles. The topological polar surface area (TPSA) is 94.5 Å². The first-order valence-corrected chi connectivity index (χ1v) is 5.78. The third kappa shape index (κ3) is 1.96. The Morgan fingerprint density at radius 2 is 2.44 bits per heavy atom. The highest BCUT2D eigenvalue weighted by Crippen LogP contribution is 2.30. The Hall–Kier alpha value is -1.34. The molecule has 1 aliphatic heterocycles. The molecule has 88 valence electrons. The monoisotopic (exact) mass is 242 g/mol. The van der Waals surface area contributed by atoms with E-state index in [0.29, 0.717) is 4.88 Å². The molecule has 7 heteroatoms. The first-order chi connectivity index (χ1) is 7.61. The predicted molar refractivity (Wildman–Crippen MR) is 62.7 cm³/mol. The SMILES string of the molecule is COC(=O)c1sc(N2CCC(N)C2)nc1N. The van der Waals surface area contributed by atoms with Crippen LogP contribution in [0.2, 0.25) is 0 Å². The lowest BCUT2D eigenvalue weighted by Crippen LogP contribution is -2.26.